The van der Waals surface area contributed by atoms with E-state index in [0.29, 0.717) is 12.2 Å². The Morgan fingerprint density at radius 3 is 2.29 bits per heavy atom. The first-order valence-electron chi connectivity index (χ1n) is 2.78. The van der Waals surface area contributed by atoms with Crippen LogP contribution in [0.2, 0.25) is 0 Å². The predicted octanol–water partition coefficient (Wildman–Crippen LogP) is -0.0863. The summed E-state index contributed by atoms with van der Waals surface area (Å²) >= 11 is 0. The van der Waals surface area contributed by atoms with Gasteiger partial charge in [-0.05, 0) is 13.8 Å². The van der Waals surface area contributed by atoms with Gasteiger partial charge in [0.1, 0.15) is 0 Å². The molecule has 0 amide bonds. The first kappa shape index (κ1) is 5.06. The van der Waals surface area contributed by atoms with Gasteiger partial charge >= 0.3 is 0 Å². The van der Waals surface area contributed by atoms with E-state index in [2.05, 4.69) is 24.5 Å². The van der Waals surface area contributed by atoms with Crippen molar-refractivity contribution in [3.05, 3.63) is 0 Å². The van der Waals surface area contributed by atoms with E-state index in [4.69, 9.17) is 0 Å². The molecule has 0 aliphatic carbocycles. The summed E-state index contributed by atoms with van der Waals surface area (Å²) in [4.78, 5) is 0. The lowest BCUT2D eigenvalue weighted by molar-refractivity contribution is 0.576. The standard InChI is InChI=1S/C5H12N2/c1-4-3-6-5(2)7-4/h4-7H,3H2,1-2H3. The van der Waals surface area contributed by atoms with Gasteiger partial charge in [-0.3, -0.25) is 5.32 Å². The van der Waals surface area contributed by atoms with E-state index in [9.17, 15) is 0 Å². The van der Waals surface area contributed by atoms with Gasteiger partial charge in [0, 0.05) is 12.6 Å². The van der Waals surface area contributed by atoms with Crippen molar-refractivity contribution in [3.8, 4) is 0 Å². The van der Waals surface area contributed by atoms with E-state index in [1.165, 1.54) is 0 Å². The summed E-state index contributed by atoms with van der Waals surface area (Å²) < 4.78 is 0. The van der Waals surface area contributed by atoms with E-state index >= 15 is 0 Å². The zero-order valence-corrected chi connectivity index (χ0v) is 4.86. The van der Waals surface area contributed by atoms with Crippen molar-refractivity contribution in [2.24, 2.45) is 0 Å². The fourth-order valence-electron chi connectivity index (χ4n) is 0.898. The Kier molecular flexibility index (Phi) is 1.30. The van der Waals surface area contributed by atoms with Crippen molar-refractivity contribution in [1.29, 1.82) is 0 Å². The van der Waals surface area contributed by atoms with Gasteiger partial charge in [-0.15, -0.1) is 0 Å². The molecule has 1 aliphatic rings. The van der Waals surface area contributed by atoms with Crippen LogP contribution in [-0.2, 0) is 0 Å². The van der Waals surface area contributed by atoms with Gasteiger partial charge in [0.2, 0.25) is 0 Å². The van der Waals surface area contributed by atoms with Crippen LogP contribution < -0.4 is 10.6 Å². The largest absolute Gasteiger partial charge is 0.301 e. The summed E-state index contributed by atoms with van der Waals surface area (Å²) in [7, 11) is 0. The molecular weight excluding hydrogens is 88.1 g/mol. The lowest BCUT2D eigenvalue weighted by Crippen LogP contribution is -2.28. The zero-order chi connectivity index (χ0) is 5.28. The van der Waals surface area contributed by atoms with Gasteiger partial charge in [-0.2, -0.15) is 0 Å². The summed E-state index contributed by atoms with van der Waals surface area (Å²) in [5.41, 5.74) is 0. The minimum atomic E-state index is 0.523. The van der Waals surface area contributed by atoms with Crippen molar-refractivity contribution in [3.63, 3.8) is 0 Å². The van der Waals surface area contributed by atoms with E-state index in [1.807, 2.05) is 0 Å². The Hall–Kier alpha value is -0.0800. The summed E-state index contributed by atoms with van der Waals surface area (Å²) in [5.74, 6) is 0. The maximum atomic E-state index is 3.31. The molecule has 1 fully saturated rings. The van der Waals surface area contributed by atoms with Gasteiger partial charge in [0.25, 0.3) is 0 Å². The van der Waals surface area contributed by atoms with Crippen molar-refractivity contribution in [1.82, 2.24) is 10.6 Å². The number of hydrogen-bond acceptors (Lipinski definition) is 2. The fraction of sp³-hybridized carbons (Fsp3) is 1.00. The second kappa shape index (κ2) is 1.80. The molecule has 2 N–H and O–H groups in total. The Bertz CT molecular complexity index is 55.1. The molecule has 0 aromatic heterocycles. The third-order valence-electron chi connectivity index (χ3n) is 1.26. The highest BCUT2D eigenvalue weighted by molar-refractivity contribution is 4.75. The molecule has 0 aromatic rings. The van der Waals surface area contributed by atoms with Crippen LogP contribution in [0.15, 0.2) is 0 Å². The molecular formula is C5H12N2. The molecule has 1 saturated heterocycles. The Morgan fingerprint density at radius 2 is 2.14 bits per heavy atom. The molecule has 0 radical (unpaired) electrons. The molecule has 0 spiro atoms. The van der Waals surface area contributed by atoms with Crippen molar-refractivity contribution in [2.75, 3.05) is 6.54 Å². The molecule has 2 unspecified atom stereocenters. The second-order valence-corrected chi connectivity index (χ2v) is 2.20. The normalized spacial score (nSPS) is 42.0. The van der Waals surface area contributed by atoms with Crippen LogP contribution in [0.1, 0.15) is 13.8 Å². The number of rotatable bonds is 0. The molecule has 0 saturated carbocycles. The number of nitrogens with one attached hydrogen (secondary N) is 2. The average molecular weight is 100 g/mol. The average Bonchev–Trinajstić information content (AvgIpc) is 1.87. The minimum Gasteiger partial charge on any atom is -0.301 e. The second-order valence-electron chi connectivity index (χ2n) is 2.20. The quantitative estimate of drug-likeness (QED) is 0.444. The first-order chi connectivity index (χ1) is 3.29. The highest BCUT2D eigenvalue weighted by Gasteiger charge is 2.12. The van der Waals surface area contributed by atoms with Gasteiger partial charge in [0.05, 0.1) is 6.17 Å². The summed E-state index contributed by atoms with van der Waals surface area (Å²) in [6.45, 7) is 5.42. The van der Waals surface area contributed by atoms with E-state index in [0.717, 1.165) is 6.54 Å². The SMILES string of the molecule is CC1CNC(C)N1. The highest BCUT2D eigenvalue weighted by atomic mass is 15.2. The first-order valence-corrected chi connectivity index (χ1v) is 2.78. The lowest BCUT2D eigenvalue weighted by Gasteiger charge is -2.00. The summed E-state index contributed by atoms with van der Waals surface area (Å²) in [5, 5.41) is 6.56. The van der Waals surface area contributed by atoms with Crippen molar-refractivity contribution < 1.29 is 0 Å². The Morgan fingerprint density at radius 1 is 1.43 bits per heavy atom. The van der Waals surface area contributed by atoms with E-state index < -0.39 is 0 Å². The Balaban J connectivity index is 2.26. The van der Waals surface area contributed by atoms with Crippen LogP contribution in [0.3, 0.4) is 0 Å². The minimum absolute atomic E-state index is 0.523. The zero-order valence-electron chi connectivity index (χ0n) is 4.86. The highest BCUT2D eigenvalue weighted by Crippen LogP contribution is 1.89. The predicted molar refractivity (Wildman–Crippen MR) is 30.1 cm³/mol. The monoisotopic (exact) mass is 100 g/mol. The molecule has 0 aromatic carbocycles. The van der Waals surface area contributed by atoms with Gasteiger partial charge in [-0.25, -0.2) is 0 Å². The Labute approximate surface area is 44.3 Å². The fourth-order valence-corrected chi connectivity index (χ4v) is 0.898. The molecule has 2 atom stereocenters. The van der Waals surface area contributed by atoms with Crippen molar-refractivity contribution >= 4 is 0 Å². The van der Waals surface area contributed by atoms with Gasteiger partial charge < -0.3 is 5.32 Å². The van der Waals surface area contributed by atoms with Gasteiger partial charge in [0.15, 0.2) is 0 Å². The molecule has 2 nitrogen and oxygen atoms in total. The lowest BCUT2D eigenvalue weighted by atomic mass is 10.4. The van der Waals surface area contributed by atoms with Gasteiger partial charge in [-0.1, -0.05) is 0 Å². The third kappa shape index (κ3) is 1.14. The van der Waals surface area contributed by atoms with Crippen LogP contribution in [0, 0.1) is 0 Å². The maximum absolute atomic E-state index is 3.31. The summed E-state index contributed by atoms with van der Waals surface area (Å²) in [6, 6.07) is 0.662. The smallest absolute Gasteiger partial charge is 0.0545 e. The molecule has 42 valence electrons. The maximum Gasteiger partial charge on any atom is 0.0545 e. The van der Waals surface area contributed by atoms with Crippen LogP contribution in [0.5, 0.6) is 0 Å². The topological polar surface area (TPSA) is 24.1 Å². The van der Waals surface area contributed by atoms with Crippen molar-refractivity contribution in [2.45, 2.75) is 26.1 Å². The molecule has 2 heteroatoms. The van der Waals surface area contributed by atoms with Crippen LogP contribution in [0.25, 0.3) is 0 Å². The van der Waals surface area contributed by atoms with E-state index in [-0.39, 0.29) is 0 Å². The molecule has 1 rings (SSSR count). The molecule has 0 bridgehead atoms. The third-order valence-corrected chi connectivity index (χ3v) is 1.26. The van der Waals surface area contributed by atoms with E-state index in [1.54, 1.807) is 0 Å². The molecule has 1 heterocycles. The van der Waals surface area contributed by atoms with Crippen LogP contribution >= 0.6 is 0 Å². The summed E-state index contributed by atoms with van der Waals surface area (Å²) in [6.07, 6.45) is 0.523. The van der Waals surface area contributed by atoms with Crippen LogP contribution in [-0.4, -0.2) is 18.8 Å². The molecule has 1 aliphatic heterocycles. The molecule has 7 heavy (non-hydrogen) atoms. The van der Waals surface area contributed by atoms with Crippen LogP contribution in [0.4, 0.5) is 0 Å². The number of hydrogen-bond donors (Lipinski definition) is 2.